The molecule has 0 spiro atoms. The van der Waals surface area contributed by atoms with Crippen molar-refractivity contribution in [3.8, 4) is 17.1 Å². The van der Waals surface area contributed by atoms with E-state index in [0.29, 0.717) is 11.8 Å². The molecule has 0 fully saturated rings. The number of nitrogens with zero attached hydrogens (tertiary/aromatic N) is 3. The highest BCUT2D eigenvalue weighted by Gasteiger charge is 2.06. The Labute approximate surface area is 119 Å². The predicted molar refractivity (Wildman–Crippen MR) is 79.9 cm³/mol. The smallest absolute Gasteiger partial charge is 0.215 e. The van der Waals surface area contributed by atoms with E-state index in [1.807, 2.05) is 19.1 Å². The number of aryl methyl sites for hydroxylation is 1. The Balaban J connectivity index is 2.24. The van der Waals surface area contributed by atoms with Crippen LogP contribution in [0.3, 0.4) is 0 Å². The maximum atomic E-state index is 5.17. The summed E-state index contributed by atoms with van der Waals surface area (Å²) in [4.78, 5) is 12.8. The van der Waals surface area contributed by atoms with Crippen molar-refractivity contribution in [2.45, 2.75) is 20.8 Å². The molecular weight excluding hydrogens is 252 g/mol. The standard InChI is InChI=1S/C15H20N4O/c1-10(2)7-16-14-6-13(18-9-19-14)12-5-11(3)15(20-4)17-8-12/h5-6,8-10H,7H2,1-4H3,(H,16,18,19). The fraction of sp³-hybridized carbons (Fsp3) is 0.400. The fourth-order valence-electron chi connectivity index (χ4n) is 1.84. The van der Waals surface area contributed by atoms with Crippen molar-refractivity contribution in [3.63, 3.8) is 0 Å². The van der Waals surface area contributed by atoms with Gasteiger partial charge in [0.25, 0.3) is 0 Å². The second kappa shape index (κ2) is 6.32. The molecule has 106 valence electrons. The molecule has 2 aromatic rings. The minimum absolute atomic E-state index is 0.568. The molecule has 2 aromatic heterocycles. The molecule has 0 amide bonds. The Morgan fingerprint density at radius 3 is 2.65 bits per heavy atom. The van der Waals surface area contributed by atoms with Crippen molar-refractivity contribution in [2.75, 3.05) is 19.0 Å². The maximum absolute atomic E-state index is 5.17. The van der Waals surface area contributed by atoms with Gasteiger partial charge in [-0.25, -0.2) is 15.0 Å². The van der Waals surface area contributed by atoms with Crippen molar-refractivity contribution in [3.05, 3.63) is 30.2 Å². The first-order valence-electron chi connectivity index (χ1n) is 6.67. The summed E-state index contributed by atoms with van der Waals surface area (Å²) in [7, 11) is 1.62. The zero-order chi connectivity index (χ0) is 14.5. The topological polar surface area (TPSA) is 59.9 Å². The van der Waals surface area contributed by atoms with Gasteiger partial charge in [0.05, 0.1) is 12.8 Å². The first-order chi connectivity index (χ1) is 9.60. The predicted octanol–water partition coefficient (Wildman–Crippen LogP) is 2.92. The molecule has 0 bridgehead atoms. The molecule has 2 heterocycles. The van der Waals surface area contributed by atoms with Crippen LogP contribution in [0.2, 0.25) is 0 Å². The highest BCUT2D eigenvalue weighted by atomic mass is 16.5. The summed E-state index contributed by atoms with van der Waals surface area (Å²) in [5, 5.41) is 3.30. The zero-order valence-electron chi connectivity index (χ0n) is 12.3. The summed E-state index contributed by atoms with van der Waals surface area (Å²) in [5.41, 5.74) is 2.79. The molecular formula is C15H20N4O. The average molecular weight is 272 g/mol. The van der Waals surface area contributed by atoms with Gasteiger partial charge in [-0.05, 0) is 18.9 Å². The van der Waals surface area contributed by atoms with Crippen LogP contribution in [0.4, 0.5) is 5.82 Å². The highest BCUT2D eigenvalue weighted by Crippen LogP contribution is 2.23. The van der Waals surface area contributed by atoms with Crippen LogP contribution in [0.25, 0.3) is 11.3 Å². The average Bonchev–Trinajstić information content (AvgIpc) is 2.45. The molecule has 0 saturated carbocycles. The zero-order valence-corrected chi connectivity index (χ0v) is 12.3. The first-order valence-corrected chi connectivity index (χ1v) is 6.67. The lowest BCUT2D eigenvalue weighted by Crippen LogP contribution is -2.09. The number of rotatable bonds is 5. The van der Waals surface area contributed by atoms with Crippen LogP contribution < -0.4 is 10.1 Å². The molecule has 5 heteroatoms. The van der Waals surface area contributed by atoms with Gasteiger partial charge in [-0.15, -0.1) is 0 Å². The van der Waals surface area contributed by atoms with Crippen LogP contribution in [0.15, 0.2) is 24.7 Å². The fourth-order valence-corrected chi connectivity index (χ4v) is 1.84. The van der Waals surface area contributed by atoms with Gasteiger partial charge in [-0.3, -0.25) is 0 Å². The van der Waals surface area contributed by atoms with Gasteiger partial charge in [0.15, 0.2) is 0 Å². The largest absolute Gasteiger partial charge is 0.481 e. The Morgan fingerprint density at radius 2 is 2.00 bits per heavy atom. The Hall–Kier alpha value is -2.17. The summed E-state index contributed by atoms with van der Waals surface area (Å²) >= 11 is 0. The van der Waals surface area contributed by atoms with Crippen LogP contribution >= 0.6 is 0 Å². The molecule has 0 aliphatic carbocycles. The Kier molecular flexibility index (Phi) is 4.50. The van der Waals surface area contributed by atoms with Crippen LogP contribution in [-0.2, 0) is 0 Å². The number of ether oxygens (including phenoxy) is 1. The third kappa shape index (κ3) is 3.44. The SMILES string of the molecule is COc1ncc(-c2cc(NCC(C)C)ncn2)cc1C. The number of nitrogens with one attached hydrogen (secondary N) is 1. The lowest BCUT2D eigenvalue weighted by molar-refractivity contribution is 0.394. The molecule has 20 heavy (non-hydrogen) atoms. The summed E-state index contributed by atoms with van der Waals surface area (Å²) in [6.45, 7) is 7.17. The van der Waals surface area contributed by atoms with Crippen LogP contribution in [-0.4, -0.2) is 28.6 Å². The number of hydrogen-bond donors (Lipinski definition) is 1. The van der Waals surface area contributed by atoms with Crippen LogP contribution in [0, 0.1) is 12.8 Å². The van der Waals surface area contributed by atoms with Crippen LogP contribution in [0.5, 0.6) is 5.88 Å². The Morgan fingerprint density at radius 1 is 1.20 bits per heavy atom. The molecule has 0 aliphatic heterocycles. The minimum Gasteiger partial charge on any atom is -0.481 e. The van der Waals surface area contributed by atoms with E-state index >= 15 is 0 Å². The van der Waals surface area contributed by atoms with Gasteiger partial charge in [-0.1, -0.05) is 13.8 Å². The van der Waals surface area contributed by atoms with E-state index in [9.17, 15) is 0 Å². The number of anilines is 1. The molecule has 0 saturated heterocycles. The number of aromatic nitrogens is 3. The molecule has 2 rings (SSSR count). The second-order valence-electron chi connectivity index (χ2n) is 5.11. The van der Waals surface area contributed by atoms with Crippen molar-refractivity contribution >= 4 is 5.82 Å². The molecule has 0 aromatic carbocycles. The summed E-state index contributed by atoms with van der Waals surface area (Å²) in [6, 6.07) is 3.95. The van der Waals surface area contributed by atoms with Crippen molar-refractivity contribution in [2.24, 2.45) is 5.92 Å². The summed E-state index contributed by atoms with van der Waals surface area (Å²) in [6.07, 6.45) is 3.33. The van der Waals surface area contributed by atoms with Gasteiger partial charge < -0.3 is 10.1 Å². The second-order valence-corrected chi connectivity index (χ2v) is 5.11. The summed E-state index contributed by atoms with van der Waals surface area (Å²) < 4.78 is 5.17. The van der Waals surface area contributed by atoms with Gasteiger partial charge in [0, 0.05) is 29.9 Å². The van der Waals surface area contributed by atoms with Gasteiger partial charge in [-0.2, -0.15) is 0 Å². The molecule has 0 aliphatic rings. The van der Waals surface area contributed by atoms with Gasteiger partial charge >= 0.3 is 0 Å². The third-order valence-corrected chi connectivity index (χ3v) is 2.88. The van der Waals surface area contributed by atoms with E-state index in [-0.39, 0.29) is 0 Å². The number of pyridine rings is 1. The summed E-state index contributed by atoms with van der Waals surface area (Å²) in [5.74, 6) is 2.04. The van der Waals surface area contributed by atoms with Crippen molar-refractivity contribution in [1.82, 2.24) is 15.0 Å². The lowest BCUT2D eigenvalue weighted by Gasteiger charge is -2.09. The van der Waals surface area contributed by atoms with E-state index in [2.05, 4.69) is 34.1 Å². The van der Waals surface area contributed by atoms with E-state index in [4.69, 9.17) is 4.74 Å². The lowest BCUT2D eigenvalue weighted by atomic mass is 10.1. The quantitative estimate of drug-likeness (QED) is 0.906. The molecule has 0 radical (unpaired) electrons. The van der Waals surface area contributed by atoms with Crippen molar-refractivity contribution < 1.29 is 4.74 Å². The van der Waals surface area contributed by atoms with Gasteiger partial charge in [0.2, 0.25) is 5.88 Å². The van der Waals surface area contributed by atoms with E-state index in [1.165, 1.54) is 0 Å². The van der Waals surface area contributed by atoms with Gasteiger partial charge in [0.1, 0.15) is 12.1 Å². The number of hydrogen-bond acceptors (Lipinski definition) is 5. The van der Waals surface area contributed by atoms with E-state index in [1.54, 1.807) is 19.6 Å². The van der Waals surface area contributed by atoms with E-state index in [0.717, 1.165) is 29.2 Å². The Bertz CT molecular complexity index is 584. The van der Waals surface area contributed by atoms with Crippen molar-refractivity contribution in [1.29, 1.82) is 0 Å². The first kappa shape index (κ1) is 14.2. The molecule has 1 N–H and O–H groups in total. The normalized spacial score (nSPS) is 10.7. The minimum atomic E-state index is 0.568. The molecule has 0 atom stereocenters. The molecule has 5 nitrogen and oxygen atoms in total. The molecule has 0 unspecified atom stereocenters. The van der Waals surface area contributed by atoms with Crippen LogP contribution in [0.1, 0.15) is 19.4 Å². The highest BCUT2D eigenvalue weighted by molar-refractivity contribution is 5.62. The third-order valence-electron chi connectivity index (χ3n) is 2.88. The number of methoxy groups -OCH3 is 1. The van der Waals surface area contributed by atoms with E-state index < -0.39 is 0 Å². The monoisotopic (exact) mass is 272 g/mol. The maximum Gasteiger partial charge on any atom is 0.215 e.